The van der Waals surface area contributed by atoms with Crippen LogP contribution in [0.1, 0.15) is 53.4 Å². The molecule has 1 N–H and O–H groups in total. The molecule has 0 aliphatic rings. The smallest absolute Gasteiger partial charge is 0.267 e. The molecular weight excluding hydrogens is 438 g/mol. The summed E-state index contributed by atoms with van der Waals surface area (Å²) < 4.78 is 0.970. The number of carbonyl (C=O) groups excluding carboxylic acids is 2. The molecule has 0 saturated carbocycles. The number of hydrogen-bond acceptors (Lipinski definition) is 3. The second kappa shape index (κ2) is 8.53. The predicted molar refractivity (Wildman–Crippen MR) is 135 cm³/mol. The zero-order chi connectivity index (χ0) is 23.2. The summed E-state index contributed by atoms with van der Waals surface area (Å²) in [6, 6.07) is 14.7. The van der Waals surface area contributed by atoms with Gasteiger partial charge in [-0.1, -0.05) is 29.8 Å². The summed E-state index contributed by atoms with van der Waals surface area (Å²) in [6.07, 6.45) is 0. The van der Waals surface area contributed by atoms with Crippen LogP contribution in [-0.2, 0) is 0 Å². The minimum Gasteiger partial charge on any atom is -0.321 e. The number of rotatable bonds is 4. The maximum atomic E-state index is 13.3. The first-order chi connectivity index (χ1) is 15.2. The Bertz CT molecular complexity index is 1350. The SMILES string of the molecule is Cc1c(C)c(C)c(C(=O)c2ccc(NC(=O)c3sc4ccccc4c3Cl)cc2)c(C)c1C. The van der Waals surface area contributed by atoms with Crippen LogP contribution in [0.25, 0.3) is 10.1 Å². The van der Waals surface area contributed by atoms with Crippen molar-refractivity contribution >= 4 is 50.4 Å². The highest BCUT2D eigenvalue weighted by atomic mass is 35.5. The van der Waals surface area contributed by atoms with Crippen LogP contribution < -0.4 is 5.32 Å². The van der Waals surface area contributed by atoms with E-state index >= 15 is 0 Å². The molecule has 1 heterocycles. The summed E-state index contributed by atoms with van der Waals surface area (Å²) in [5, 5.41) is 4.23. The maximum Gasteiger partial charge on any atom is 0.267 e. The van der Waals surface area contributed by atoms with Crippen molar-refractivity contribution in [2.45, 2.75) is 34.6 Å². The molecule has 5 heteroatoms. The highest BCUT2D eigenvalue weighted by molar-refractivity contribution is 7.21. The topological polar surface area (TPSA) is 46.2 Å². The van der Waals surface area contributed by atoms with Gasteiger partial charge in [-0.25, -0.2) is 0 Å². The zero-order valence-corrected chi connectivity index (χ0v) is 20.3. The molecule has 4 rings (SSSR count). The Kier molecular flexibility index (Phi) is 5.93. The van der Waals surface area contributed by atoms with Crippen molar-refractivity contribution in [3.63, 3.8) is 0 Å². The highest BCUT2D eigenvalue weighted by Crippen LogP contribution is 2.35. The molecule has 4 aromatic rings. The number of nitrogens with one attached hydrogen (secondary N) is 1. The van der Waals surface area contributed by atoms with Crippen molar-refractivity contribution < 1.29 is 9.59 Å². The number of amides is 1. The van der Waals surface area contributed by atoms with Gasteiger partial charge in [0, 0.05) is 26.9 Å². The first-order valence-electron chi connectivity index (χ1n) is 10.4. The molecule has 0 saturated heterocycles. The molecule has 1 aromatic heterocycles. The second-order valence-electron chi connectivity index (χ2n) is 8.10. The normalized spacial score (nSPS) is 11.1. The van der Waals surface area contributed by atoms with Gasteiger partial charge in [-0.3, -0.25) is 9.59 Å². The number of ketones is 1. The van der Waals surface area contributed by atoms with E-state index < -0.39 is 0 Å². The average Bonchev–Trinajstić information content (AvgIpc) is 3.13. The molecule has 0 fully saturated rings. The van der Waals surface area contributed by atoms with Crippen molar-refractivity contribution in [1.82, 2.24) is 0 Å². The Morgan fingerprint density at radius 3 is 1.94 bits per heavy atom. The summed E-state index contributed by atoms with van der Waals surface area (Å²) in [4.78, 5) is 26.6. The second-order valence-corrected chi connectivity index (χ2v) is 9.53. The first-order valence-corrected chi connectivity index (χ1v) is 11.6. The van der Waals surface area contributed by atoms with Crippen LogP contribution in [-0.4, -0.2) is 11.7 Å². The lowest BCUT2D eigenvalue weighted by molar-refractivity contribution is 0.102. The van der Waals surface area contributed by atoms with Crippen LogP contribution in [0, 0.1) is 34.6 Å². The molecule has 32 heavy (non-hydrogen) atoms. The third kappa shape index (κ3) is 3.74. The quantitative estimate of drug-likeness (QED) is 0.318. The summed E-state index contributed by atoms with van der Waals surface area (Å²) in [5.74, 6) is -0.261. The summed E-state index contributed by atoms with van der Waals surface area (Å²) in [6.45, 7) is 10.2. The third-order valence-corrected chi connectivity index (χ3v) is 8.05. The molecule has 3 aromatic carbocycles. The van der Waals surface area contributed by atoms with Gasteiger partial charge in [0.1, 0.15) is 4.88 Å². The lowest BCUT2D eigenvalue weighted by Gasteiger charge is -2.18. The van der Waals surface area contributed by atoms with Gasteiger partial charge >= 0.3 is 0 Å². The van der Waals surface area contributed by atoms with E-state index in [0.29, 0.717) is 21.2 Å². The van der Waals surface area contributed by atoms with E-state index in [-0.39, 0.29) is 11.7 Å². The lowest BCUT2D eigenvalue weighted by Crippen LogP contribution is -2.12. The van der Waals surface area contributed by atoms with Crippen molar-refractivity contribution in [1.29, 1.82) is 0 Å². The molecule has 3 nitrogen and oxygen atoms in total. The molecular formula is C27H24ClNO2S. The summed E-state index contributed by atoms with van der Waals surface area (Å²) >= 11 is 7.79. The minimum atomic E-state index is -0.258. The number of anilines is 1. The van der Waals surface area contributed by atoms with Crippen molar-refractivity contribution in [2.75, 3.05) is 5.32 Å². The maximum absolute atomic E-state index is 13.3. The Balaban J connectivity index is 1.59. The van der Waals surface area contributed by atoms with Crippen molar-refractivity contribution in [3.05, 3.63) is 97.4 Å². The highest BCUT2D eigenvalue weighted by Gasteiger charge is 2.20. The summed E-state index contributed by atoms with van der Waals surface area (Å²) in [7, 11) is 0. The van der Waals surface area contributed by atoms with E-state index in [0.717, 1.165) is 37.9 Å². The molecule has 162 valence electrons. The Hall–Kier alpha value is -2.95. The van der Waals surface area contributed by atoms with Gasteiger partial charge in [0.15, 0.2) is 5.78 Å². The average molecular weight is 462 g/mol. The molecule has 0 unspecified atom stereocenters. The van der Waals surface area contributed by atoms with Crippen molar-refractivity contribution in [3.8, 4) is 0 Å². The molecule has 1 amide bonds. The van der Waals surface area contributed by atoms with E-state index in [2.05, 4.69) is 26.1 Å². The molecule has 0 bridgehead atoms. The fraction of sp³-hybridized carbons (Fsp3) is 0.185. The summed E-state index contributed by atoms with van der Waals surface area (Å²) in [5.41, 5.74) is 7.55. The fourth-order valence-electron chi connectivity index (χ4n) is 4.04. The van der Waals surface area contributed by atoms with Crippen LogP contribution in [0.5, 0.6) is 0 Å². The Labute approximate surface area is 197 Å². The van der Waals surface area contributed by atoms with Crippen LogP contribution in [0.3, 0.4) is 0 Å². The Morgan fingerprint density at radius 1 is 0.781 bits per heavy atom. The number of benzene rings is 3. The molecule has 0 spiro atoms. The molecule has 0 aliphatic heterocycles. The molecule has 0 aliphatic carbocycles. The van der Waals surface area contributed by atoms with Crippen LogP contribution in [0.15, 0.2) is 48.5 Å². The van der Waals surface area contributed by atoms with Gasteiger partial charge < -0.3 is 5.32 Å². The van der Waals surface area contributed by atoms with Crippen molar-refractivity contribution in [2.24, 2.45) is 0 Å². The van der Waals surface area contributed by atoms with E-state index in [1.165, 1.54) is 16.9 Å². The number of carbonyl (C=O) groups is 2. The van der Waals surface area contributed by atoms with Gasteiger partial charge in [-0.2, -0.15) is 0 Å². The van der Waals surface area contributed by atoms with Crippen LogP contribution in [0.2, 0.25) is 5.02 Å². The fourth-order valence-corrected chi connectivity index (χ4v) is 5.45. The van der Waals surface area contributed by atoms with E-state index in [9.17, 15) is 9.59 Å². The van der Waals surface area contributed by atoms with Gasteiger partial charge in [0.2, 0.25) is 0 Å². The van der Waals surface area contributed by atoms with E-state index in [4.69, 9.17) is 11.6 Å². The molecule has 0 radical (unpaired) electrons. The number of halogens is 1. The number of thiophene rings is 1. The van der Waals surface area contributed by atoms with Gasteiger partial charge in [0.25, 0.3) is 5.91 Å². The number of hydrogen-bond donors (Lipinski definition) is 1. The van der Waals surface area contributed by atoms with E-state index in [1.54, 1.807) is 24.3 Å². The minimum absolute atomic E-state index is 0.00312. The van der Waals surface area contributed by atoms with E-state index in [1.807, 2.05) is 38.1 Å². The predicted octanol–water partition coefficient (Wildman–Crippen LogP) is 7.58. The third-order valence-electron chi connectivity index (χ3n) is 6.37. The Morgan fingerprint density at radius 2 is 1.34 bits per heavy atom. The van der Waals surface area contributed by atoms with Gasteiger partial charge in [0.05, 0.1) is 5.02 Å². The molecule has 0 atom stereocenters. The largest absolute Gasteiger partial charge is 0.321 e. The zero-order valence-electron chi connectivity index (χ0n) is 18.7. The number of fused-ring (bicyclic) bond motifs is 1. The van der Waals surface area contributed by atoms with Gasteiger partial charge in [-0.05, 0) is 92.8 Å². The standard InChI is InChI=1S/C27H24ClNO2S/c1-14-15(2)17(4)23(18(5)16(14)3)25(30)19-10-12-20(13-11-19)29-27(31)26-24(28)21-8-6-7-9-22(21)32-26/h6-13H,1-5H3,(H,29,31). The van der Waals surface area contributed by atoms with Gasteiger partial charge in [-0.15, -0.1) is 11.3 Å². The van der Waals surface area contributed by atoms with Crippen LogP contribution >= 0.6 is 22.9 Å². The lowest BCUT2D eigenvalue weighted by atomic mass is 9.86. The van der Waals surface area contributed by atoms with Crippen LogP contribution in [0.4, 0.5) is 5.69 Å². The first kappa shape index (κ1) is 22.3. The monoisotopic (exact) mass is 461 g/mol.